The third-order valence-electron chi connectivity index (χ3n) is 2.99. The van der Waals surface area contributed by atoms with Crippen LogP contribution in [-0.2, 0) is 11.0 Å². The number of alkyl halides is 3. The van der Waals surface area contributed by atoms with Crippen molar-refractivity contribution >= 4 is 23.2 Å². The molecule has 2 N–H and O–H groups in total. The molecule has 0 aliphatic rings. The van der Waals surface area contributed by atoms with E-state index in [4.69, 9.17) is 0 Å². The Morgan fingerprint density at radius 2 is 1.71 bits per heavy atom. The molecule has 4 nitrogen and oxygen atoms in total. The van der Waals surface area contributed by atoms with Gasteiger partial charge in [0.15, 0.2) is 0 Å². The molecule has 0 aliphatic carbocycles. The maximum absolute atomic E-state index is 13.6. The van der Waals surface area contributed by atoms with E-state index in [1.807, 2.05) is 0 Å². The van der Waals surface area contributed by atoms with E-state index < -0.39 is 29.2 Å². The number of nitrogens with one attached hydrogen (secondary N) is 2. The van der Waals surface area contributed by atoms with Gasteiger partial charge in [0.2, 0.25) is 5.91 Å². The lowest BCUT2D eigenvalue weighted by atomic mass is 10.1. The molecule has 0 saturated carbocycles. The Morgan fingerprint density at radius 1 is 1.00 bits per heavy atom. The Labute approximate surface area is 134 Å². The fraction of sp³-hybridized carbons (Fsp3) is 0.125. The van der Waals surface area contributed by atoms with Gasteiger partial charge in [-0.15, -0.1) is 0 Å². The fourth-order valence-electron chi connectivity index (χ4n) is 1.93. The van der Waals surface area contributed by atoms with Crippen molar-refractivity contribution in [2.45, 2.75) is 13.1 Å². The first-order valence-corrected chi connectivity index (χ1v) is 6.72. The van der Waals surface area contributed by atoms with Crippen molar-refractivity contribution in [2.24, 2.45) is 0 Å². The normalized spacial score (nSPS) is 11.0. The maximum atomic E-state index is 13.6. The Hall–Kier alpha value is -2.90. The van der Waals surface area contributed by atoms with Crippen molar-refractivity contribution in [3.8, 4) is 0 Å². The molecule has 2 amide bonds. The summed E-state index contributed by atoms with van der Waals surface area (Å²) < 4.78 is 51.6. The standard InChI is InChI=1S/C16H12F4N2O2/c1-9(23)21-12-4-2-3-10(7-12)15(24)22-14-8-11(16(18,19)20)5-6-13(14)17/h2-8H,1H3,(H,21,23)(H,22,24). The molecule has 2 aromatic carbocycles. The molecule has 0 radical (unpaired) electrons. The number of carbonyl (C=O) groups is 2. The van der Waals surface area contributed by atoms with Gasteiger partial charge in [-0.05, 0) is 36.4 Å². The van der Waals surface area contributed by atoms with Gasteiger partial charge in [0.25, 0.3) is 5.91 Å². The van der Waals surface area contributed by atoms with Crippen molar-refractivity contribution in [1.82, 2.24) is 0 Å². The number of amides is 2. The molecule has 2 aromatic rings. The van der Waals surface area contributed by atoms with Gasteiger partial charge in [0.1, 0.15) is 5.82 Å². The highest BCUT2D eigenvalue weighted by Crippen LogP contribution is 2.32. The van der Waals surface area contributed by atoms with Crippen LogP contribution in [0.15, 0.2) is 42.5 Å². The van der Waals surface area contributed by atoms with Gasteiger partial charge in [-0.3, -0.25) is 9.59 Å². The number of carbonyl (C=O) groups excluding carboxylic acids is 2. The Morgan fingerprint density at radius 3 is 2.33 bits per heavy atom. The number of hydrogen-bond acceptors (Lipinski definition) is 2. The Balaban J connectivity index is 2.25. The summed E-state index contributed by atoms with van der Waals surface area (Å²) in [6.07, 6.45) is -4.65. The van der Waals surface area contributed by atoms with Gasteiger partial charge in [0, 0.05) is 18.2 Å². The summed E-state index contributed by atoms with van der Waals surface area (Å²) in [6, 6.07) is 7.44. The minimum Gasteiger partial charge on any atom is -0.326 e. The summed E-state index contributed by atoms with van der Waals surface area (Å²) in [5.41, 5.74) is -1.27. The Kier molecular flexibility index (Phi) is 4.87. The molecule has 0 heterocycles. The van der Waals surface area contributed by atoms with Gasteiger partial charge in [0.05, 0.1) is 11.3 Å². The minimum absolute atomic E-state index is 0.0538. The monoisotopic (exact) mass is 340 g/mol. The van der Waals surface area contributed by atoms with Gasteiger partial charge < -0.3 is 10.6 Å². The van der Waals surface area contributed by atoms with E-state index in [0.717, 1.165) is 0 Å². The van der Waals surface area contributed by atoms with Gasteiger partial charge >= 0.3 is 6.18 Å². The second-order valence-electron chi connectivity index (χ2n) is 4.91. The number of hydrogen-bond donors (Lipinski definition) is 2. The van der Waals surface area contributed by atoms with Crippen LogP contribution in [0.2, 0.25) is 0 Å². The first kappa shape index (κ1) is 17.5. The first-order valence-electron chi connectivity index (χ1n) is 6.72. The van der Waals surface area contributed by atoms with Crippen LogP contribution in [0, 0.1) is 5.82 Å². The number of halogens is 4. The van der Waals surface area contributed by atoms with E-state index in [2.05, 4.69) is 10.6 Å². The van der Waals surface area contributed by atoms with E-state index in [-0.39, 0.29) is 11.5 Å². The number of rotatable bonds is 3. The topological polar surface area (TPSA) is 58.2 Å². The van der Waals surface area contributed by atoms with Crippen LogP contribution in [0.1, 0.15) is 22.8 Å². The molecule has 0 unspecified atom stereocenters. The summed E-state index contributed by atoms with van der Waals surface area (Å²) in [5.74, 6) is -2.15. The highest BCUT2D eigenvalue weighted by atomic mass is 19.4. The van der Waals surface area contributed by atoms with Crippen LogP contribution in [0.25, 0.3) is 0 Å². The zero-order valence-electron chi connectivity index (χ0n) is 12.4. The second-order valence-corrected chi connectivity index (χ2v) is 4.91. The lowest BCUT2D eigenvalue weighted by Gasteiger charge is -2.11. The largest absolute Gasteiger partial charge is 0.416 e. The van der Waals surface area contributed by atoms with Crippen molar-refractivity contribution in [3.63, 3.8) is 0 Å². The van der Waals surface area contributed by atoms with Gasteiger partial charge in [-0.1, -0.05) is 6.07 Å². The molecule has 8 heteroatoms. The predicted octanol–water partition coefficient (Wildman–Crippen LogP) is 4.06. The molecule has 0 aromatic heterocycles. The fourth-order valence-corrected chi connectivity index (χ4v) is 1.93. The lowest BCUT2D eigenvalue weighted by molar-refractivity contribution is -0.137. The summed E-state index contributed by atoms with van der Waals surface area (Å²) in [4.78, 5) is 23.1. The summed E-state index contributed by atoms with van der Waals surface area (Å²) >= 11 is 0. The molecule has 126 valence electrons. The van der Waals surface area contributed by atoms with Crippen molar-refractivity contribution in [2.75, 3.05) is 10.6 Å². The molecule has 2 rings (SSSR count). The molecule has 24 heavy (non-hydrogen) atoms. The van der Waals surface area contributed by atoms with E-state index in [1.54, 1.807) is 0 Å². The zero-order chi connectivity index (χ0) is 17.9. The lowest BCUT2D eigenvalue weighted by Crippen LogP contribution is -2.15. The molecule has 0 spiro atoms. The number of benzene rings is 2. The molecule has 0 fully saturated rings. The molecule has 0 aliphatic heterocycles. The van der Waals surface area contributed by atoms with Gasteiger partial charge in [-0.25, -0.2) is 4.39 Å². The summed E-state index contributed by atoms with van der Waals surface area (Å²) in [7, 11) is 0. The number of anilines is 2. The summed E-state index contributed by atoms with van der Waals surface area (Å²) in [6.45, 7) is 1.28. The molecular formula is C16H12F4N2O2. The SMILES string of the molecule is CC(=O)Nc1cccc(C(=O)Nc2cc(C(F)(F)F)ccc2F)c1. The highest BCUT2D eigenvalue weighted by molar-refractivity contribution is 6.05. The third-order valence-corrected chi connectivity index (χ3v) is 2.99. The molecular weight excluding hydrogens is 328 g/mol. The van der Waals surface area contributed by atoms with Crippen LogP contribution in [0.3, 0.4) is 0 Å². The van der Waals surface area contributed by atoms with Crippen LogP contribution in [0.4, 0.5) is 28.9 Å². The van der Waals surface area contributed by atoms with Crippen molar-refractivity contribution in [3.05, 3.63) is 59.4 Å². The Bertz CT molecular complexity index is 788. The minimum atomic E-state index is -4.65. The zero-order valence-corrected chi connectivity index (χ0v) is 12.4. The third kappa shape index (κ3) is 4.31. The average molecular weight is 340 g/mol. The van der Waals surface area contributed by atoms with Crippen LogP contribution >= 0.6 is 0 Å². The smallest absolute Gasteiger partial charge is 0.326 e. The van der Waals surface area contributed by atoms with E-state index in [0.29, 0.717) is 23.9 Å². The highest BCUT2D eigenvalue weighted by Gasteiger charge is 2.31. The molecule has 0 bridgehead atoms. The maximum Gasteiger partial charge on any atom is 0.416 e. The molecule has 0 saturated heterocycles. The van der Waals surface area contributed by atoms with E-state index >= 15 is 0 Å². The van der Waals surface area contributed by atoms with E-state index in [1.165, 1.54) is 31.2 Å². The van der Waals surface area contributed by atoms with Crippen molar-refractivity contribution < 1.29 is 27.2 Å². The van der Waals surface area contributed by atoms with Crippen molar-refractivity contribution in [1.29, 1.82) is 0 Å². The van der Waals surface area contributed by atoms with Gasteiger partial charge in [-0.2, -0.15) is 13.2 Å². The molecule has 0 atom stereocenters. The van der Waals surface area contributed by atoms with Crippen LogP contribution in [0.5, 0.6) is 0 Å². The van der Waals surface area contributed by atoms with Crippen LogP contribution in [-0.4, -0.2) is 11.8 Å². The quantitative estimate of drug-likeness (QED) is 0.828. The van der Waals surface area contributed by atoms with E-state index in [9.17, 15) is 27.2 Å². The van der Waals surface area contributed by atoms with Crippen LogP contribution < -0.4 is 10.6 Å². The first-order chi connectivity index (χ1) is 11.2. The average Bonchev–Trinajstić information content (AvgIpc) is 2.48. The predicted molar refractivity (Wildman–Crippen MR) is 80.1 cm³/mol. The second kappa shape index (κ2) is 6.69. The summed E-state index contributed by atoms with van der Waals surface area (Å²) in [5, 5.41) is 4.56.